The van der Waals surface area contributed by atoms with Crippen molar-refractivity contribution in [1.29, 1.82) is 0 Å². The molecule has 0 aliphatic carbocycles. The fraction of sp³-hybridized carbons (Fsp3) is 0.292. The number of carbonyl (C=O) groups is 3. The number of ether oxygens (including phenoxy) is 1. The molecule has 184 valence electrons. The molecule has 1 fully saturated rings. The number of nitrogens with one attached hydrogen (secondary N) is 2. The molecular weight excluding hydrogens is 495 g/mol. The second-order valence-corrected chi connectivity index (χ2v) is 10.1. The van der Waals surface area contributed by atoms with E-state index in [1.807, 2.05) is 0 Å². The molecule has 0 spiro atoms. The standard InChI is InChI=1S/C24H24Cl2N4O5/c1-23(2,3)35-22(34)30-17-9-16(25)15(8-12-10-28-29-11-12)19(26)18(17)20(31)24(30,21(32)33)13-4-6-14(27)7-5-13/h4-9,28-29H,10-11,27H2,1-3H3,(H,32,33). The molecule has 1 atom stereocenters. The molecule has 11 heteroatoms. The van der Waals surface area contributed by atoms with E-state index in [0.29, 0.717) is 24.3 Å². The molecule has 0 radical (unpaired) electrons. The lowest BCUT2D eigenvalue weighted by Crippen LogP contribution is -2.57. The van der Waals surface area contributed by atoms with Crippen molar-refractivity contribution in [2.75, 3.05) is 23.7 Å². The fourth-order valence-electron chi connectivity index (χ4n) is 4.17. The molecule has 2 aromatic rings. The third kappa shape index (κ3) is 4.14. The Hall–Kier alpha value is -3.11. The quantitative estimate of drug-likeness (QED) is 0.354. The average molecular weight is 519 g/mol. The second kappa shape index (κ2) is 8.83. The molecule has 0 saturated carbocycles. The van der Waals surface area contributed by atoms with Crippen LogP contribution >= 0.6 is 23.2 Å². The number of carbonyl (C=O) groups excluding carboxylic acids is 2. The molecule has 0 aromatic heterocycles. The number of benzene rings is 2. The number of rotatable bonds is 3. The third-order valence-corrected chi connectivity index (χ3v) is 6.39. The highest BCUT2D eigenvalue weighted by atomic mass is 35.5. The van der Waals surface area contributed by atoms with Gasteiger partial charge in [0, 0.05) is 24.3 Å². The molecule has 2 aromatic carbocycles. The van der Waals surface area contributed by atoms with Crippen molar-refractivity contribution in [1.82, 2.24) is 10.9 Å². The number of ketones is 1. The van der Waals surface area contributed by atoms with Crippen LogP contribution < -0.4 is 21.5 Å². The summed E-state index contributed by atoms with van der Waals surface area (Å²) in [7, 11) is 0. The van der Waals surface area contributed by atoms with Crippen LogP contribution in [0, 0.1) is 0 Å². The van der Waals surface area contributed by atoms with Crippen molar-refractivity contribution in [3.8, 4) is 0 Å². The van der Waals surface area contributed by atoms with E-state index in [4.69, 9.17) is 33.7 Å². The molecule has 2 heterocycles. The Kier molecular flexibility index (Phi) is 6.31. The topological polar surface area (TPSA) is 134 Å². The summed E-state index contributed by atoms with van der Waals surface area (Å²) in [5.41, 5.74) is 9.72. The molecule has 1 amide bonds. The van der Waals surface area contributed by atoms with E-state index in [-0.39, 0.29) is 26.9 Å². The lowest BCUT2D eigenvalue weighted by molar-refractivity contribution is -0.141. The van der Waals surface area contributed by atoms with Gasteiger partial charge >= 0.3 is 12.1 Å². The van der Waals surface area contributed by atoms with Gasteiger partial charge in [-0.25, -0.2) is 14.5 Å². The molecule has 1 saturated heterocycles. The number of carboxylic acid groups (broad SMARTS) is 1. The number of hydrogen-bond acceptors (Lipinski definition) is 7. The highest BCUT2D eigenvalue weighted by Gasteiger charge is 2.63. The van der Waals surface area contributed by atoms with Crippen LogP contribution in [0.4, 0.5) is 16.2 Å². The fourth-order valence-corrected chi connectivity index (χ4v) is 4.81. The Morgan fingerprint density at radius 2 is 1.77 bits per heavy atom. The smallest absolute Gasteiger partial charge is 0.416 e. The lowest BCUT2D eigenvalue weighted by atomic mass is 9.84. The van der Waals surface area contributed by atoms with E-state index in [1.165, 1.54) is 30.3 Å². The first-order valence-corrected chi connectivity index (χ1v) is 11.5. The molecular formula is C24H24Cl2N4O5. The van der Waals surface area contributed by atoms with E-state index in [1.54, 1.807) is 26.8 Å². The van der Waals surface area contributed by atoms with E-state index in [0.717, 1.165) is 10.5 Å². The van der Waals surface area contributed by atoms with Gasteiger partial charge in [0.25, 0.3) is 0 Å². The SMILES string of the molecule is CC(C)(C)OC(=O)N1c2cc(Cl)c(C=C3CNNC3)c(Cl)c2C(=O)C1(C(=O)O)c1ccc(N)cc1. The first kappa shape index (κ1) is 25.0. The Morgan fingerprint density at radius 3 is 2.31 bits per heavy atom. The Balaban J connectivity index is 2.02. The highest BCUT2D eigenvalue weighted by molar-refractivity contribution is 6.43. The minimum Gasteiger partial charge on any atom is -0.479 e. The van der Waals surface area contributed by atoms with Gasteiger partial charge in [-0.1, -0.05) is 41.4 Å². The van der Waals surface area contributed by atoms with Crippen LogP contribution in [0.5, 0.6) is 0 Å². The minimum atomic E-state index is -2.48. The number of halogens is 2. The molecule has 1 unspecified atom stereocenters. The van der Waals surface area contributed by atoms with Crippen LogP contribution in [0.3, 0.4) is 0 Å². The molecule has 5 N–H and O–H groups in total. The zero-order chi connectivity index (χ0) is 25.7. The lowest BCUT2D eigenvalue weighted by Gasteiger charge is -2.35. The van der Waals surface area contributed by atoms with E-state index < -0.39 is 29.0 Å². The summed E-state index contributed by atoms with van der Waals surface area (Å²) >= 11 is 13.3. The van der Waals surface area contributed by atoms with Crippen molar-refractivity contribution in [2.24, 2.45) is 0 Å². The third-order valence-electron chi connectivity index (χ3n) is 5.68. The van der Waals surface area contributed by atoms with Gasteiger partial charge in [0.2, 0.25) is 11.3 Å². The normalized spacial score (nSPS) is 19.6. The van der Waals surface area contributed by atoms with Crippen LogP contribution in [-0.2, 0) is 15.1 Å². The summed E-state index contributed by atoms with van der Waals surface area (Å²) in [6.45, 7) is 5.97. The van der Waals surface area contributed by atoms with Gasteiger partial charge in [0.15, 0.2) is 0 Å². The number of carboxylic acids is 1. The number of nitrogens with two attached hydrogens (primary N) is 1. The molecule has 9 nitrogen and oxygen atoms in total. The van der Waals surface area contributed by atoms with Crippen LogP contribution in [0.1, 0.15) is 42.3 Å². The number of nitrogen functional groups attached to an aromatic ring is 1. The summed E-state index contributed by atoms with van der Waals surface area (Å²) in [4.78, 5) is 41.2. The van der Waals surface area contributed by atoms with Crippen LogP contribution in [0.2, 0.25) is 10.0 Å². The zero-order valence-electron chi connectivity index (χ0n) is 19.2. The Bertz CT molecular complexity index is 1260. The summed E-state index contributed by atoms with van der Waals surface area (Å²) in [6, 6.07) is 7.05. The van der Waals surface area contributed by atoms with Gasteiger partial charge in [-0.2, -0.15) is 0 Å². The van der Waals surface area contributed by atoms with Crippen molar-refractivity contribution < 1.29 is 24.2 Å². The summed E-state index contributed by atoms with van der Waals surface area (Å²) in [5, 5.41) is 10.6. The van der Waals surface area contributed by atoms with Crippen LogP contribution in [-0.4, -0.2) is 41.6 Å². The van der Waals surface area contributed by atoms with Gasteiger partial charge in [0.1, 0.15) is 5.60 Å². The summed E-state index contributed by atoms with van der Waals surface area (Å²) in [5.74, 6) is -2.47. The maximum Gasteiger partial charge on any atom is 0.416 e. The molecule has 4 rings (SSSR count). The Morgan fingerprint density at radius 1 is 1.17 bits per heavy atom. The van der Waals surface area contributed by atoms with Crippen LogP contribution in [0.25, 0.3) is 6.08 Å². The minimum absolute atomic E-state index is 0.0162. The van der Waals surface area contributed by atoms with E-state index in [9.17, 15) is 19.5 Å². The largest absolute Gasteiger partial charge is 0.479 e. The number of hydrogen-bond donors (Lipinski definition) is 4. The maximum absolute atomic E-state index is 14.0. The predicted molar refractivity (Wildman–Crippen MR) is 134 cm³/mol. The number of fused-ring (bicyclic) bond motifs is 1. The second-order valence-electron chi connectivity index (χ2n) is 9.27. The van der Waals surface area contributed by atoms with Crippen LogP contribution in [0.15, 0.2) is 35.9 Å². The molecule has 0 bridgehead atoms. The molecule has 35 heavy (non-hydrogen) atoms. The van der Waals surface area contributed by atoms with Gasteiger partial charge in [0.05, 0.1) is 21.3 Å². The maximum atomic E-state index is 14.0. The summed E-state index contributed by atoms with van der Waals surface area (Å²) in [6.07, 6.45) is 0.693. The first-order valence-electron chi connectivity index (χ1n) is 10.7. The number of Topliss-reactive ketones (excluding diaryl/α,β-unsaturated/α-hetero) is 1. The molecule has 2 aliphatic rings. The van der Waals surface area contributed by atoms with Crippen molar-refractivity contribution >= 4 is 58.5 Å². The van der Waals surface area contributed by atoms with Gasteiger partial charge < -0.3 is 15.6 Å². The van der Waals surface area contributed by atoms with Gasteiger partial charge in [-0.05, 0) is 50.1 Å². The van der Waals surface area contributed by atoms with Gasteiger partial charge in [-0.15, -0.1) is 0 Å². The highest BCUT2D eigenvalue weighted by Crippen LogP contribution is 2.51. The average Bonchev–Trinajstić information content (AvgIpc) is 3.35. The number of amides is 1. The number of aliphatic carboxylic acids is 1. The first-order chi connectivity index (χ1) is 16.4. The van der Waals surface area contributed by atoms with E-state index >= 15 is 0 Å². The number of anilines is 2. The Labute approximate surface area is 211 Å². The number of nitrogens with zero attached hydrogens (tertiary/aromatic N) is 1. The monoisotopic (exact) mass is 518 g/mol. The van der Waals surface area contributed by atoms with Gasteiger partial charge in [-0.3, -0.25) is 15.6 Å². The van der Waals surface area contributed by atoms with E-state index in [2.05, 4.69) is 10.9 Å². The zero-order valence-corrected chi connectivity index (χ0v) is 20.8. The summed E-state index contributed by atoms with van der Waals surface area (Å²) < 4.78 is 5.53. The van der Waals surface area contributed by atoms with Crippen molar-refractivity contribution in [3.63, 3.8) is 0 Å². The van der Waals surface area contributed by atoms with Crippen molar-refractivity contribution in [2.45, 2.75) is 31.9 Å². The van der Waals surface area contributed by atoms with Crippen molar-refractivity contribution in [3.05, 3.63) is 62.6 Å². The molecule has 2 aliphatic heterocycles. The number of hydrazine groups is 1. The predicted octanol–water partition coefficient (Wildman–Crippen LogP) is 3.98.